The van der Waals surface area contributed by atoms with E-state index in [1.54, 1.807) is 0 Å². The minimum Gasteiger partial charge on any atom is -0.494 e. The van der Waals surface area contributed by atoms with Crippen molar-refractivity contribution in [1.82, 2.24) is 19.3 Å². The first kappa shape index (κ1) is 23.1. The Bertz CT molecular complexity index is 1420. The van der Waals surface area contributed by atoms with Crippen molar-refractivity contribution in [3.8, 4) is 5.75 Å². The summed E-state index contributed by atoms with van der Waals surface area (Å²) in [5, 5.41) is 3.20. The SMILES string of the molecule is CCOc1ccc2nc(NC(=O)[C@H]3CCCN(S(=O)(=O)c4c(C)[nH]c(=O)[nH]c4=O)C3)sc2c1. The molecule has 176 valence electrons. The first-order valence-electron chi connectivity index (χ1n) is 10.4. The van der Waals surface area contributed by atoms with Gasteiger partial charge in [0.1, 0.15) is 5.75 Å². The summed E-state index contributed by atoms with van der Waals surface area (Å²) in [5.41, 5.74) is -1.09. The van der Waals surface area contributed by atoms with Crippen LogP contribution in [0.2, 0.25) is 0 Å². The first-order valence-corrected chi connectivity index (χ1v) is 12.6. The van der Waals surface area contributed by atoms with Crippen LogP contribution in [0.3, 0.4) is 0 Å². The molecule has 0 saturated carbocycles. The number of hydrogen-bond acceptors (Lipinski definition) is 8. The van der Waals surface area contributed by atoms with E-state index in [-0.39, 0.29) is 24.7 Å². The molecular formula is C20H23N5O6S2. The number of hydrogen-bond donors (Lipinski definition) is 3. The molecule has 0 aliphatic carbocycles. The molecule has 33 heavy (non-hydrogen) atoms. The van der Waals surface area contributed by atoms with Gasteiger partial charge < -0.3 is 15.0 Å². The van der Waals surface area contributed by atoms with Crippen LogP contribution in [0.1, 0.15) is 25.5 Å². The molecule has 1 saturated heterocycles. The van der Waals surface area contributed by atoms with E-state index < -0.39 is 32.1 Å². The number of piperidine rings is 1. The number of aromatic nitrogens is 3. The smallest absolute Gasteiger partial charge is 0.325 e. The number of rotatable bonds is 6. The molecule has 0 spiro atoms. The molecule has 1 aliphatic rings. The summed E-state index contributed by atoms with van der Waals surface area (Å²) >= 11 is 1.30. The quantitative estimate of drug-likeness (QED) is 0.469. The molecule has 1 amide bonds. The zero-order chi connectivity index (χ0) is 23.8. The van der Waals surface area contributed by atoms with Gasteiger partial charge >= 0.3 is 5.69 Å². The Morgan fingerprint density at radius 3 is 2.85 bits per heavy atom. The summed E-state index contributed by atoms with van der Waals surface area (Å²) in [5.74, 6) is -0.236. The highest BCUT2D eigenvalue weighted by atomic mass is 32.2. The molecular weight excluding hydrogens is 470 g/mol. The average molecular weight is 494 g/mol. The Balaban J connectivity index is 1.51. The Labute approximate surface area is 192 Å². The van der Waals surface area contributed by atoms with Gasteiger partial charge in [0.2, 0.25) is 15.9 Å². The van der Waals surface area contributed by atoms with E-state index in [2.05, 4.69) is 15.3 Å². The number of fused-ring (bicyclic) bond motifs is 1. The van der Waals surface area contributed by atoms with Crippen molar-refractivity contribution >= 4 is 42.6 Å². The van der Waals surface area contributed by atoms with Crippen LogP contribution >= 0.6 is 11.3 Å². The molecule has 2 aromatic heterocycles. The van der Waals surface area contributed by atoms with Gasteiger partial charge in [-0.15, -0.1) is 0 Å². The highest BCUT2D eigenvalue weighted by Crippen LogP contribution is 2.30. The predicted molar refractivity (Wildman–Crippen MR) is 123 cm³/mol. The maximum absolute atomic E-state index is 13.1. The van der Waals surface area contributed by atoms with Gasteiger partial charge in [-0.25, -0.2) is 18.2 Å². The molecule has 1 aromatic carbocycles. The molecule has 0 unspecified atom stereocenters. The maximum atomic E-state index is 13.1. The van der Waals surface area contributed by atoms with Crippen molar-refractivity contribution in [2.45, 2.75) is 31.6 Å². The second-order valence-corrected chi connectivity index (χ2v) is 10.5. The number of anilines is 1. The summed E-state index contributed by atoms with van der Waals surface area (Å²) in [4.78, 5) is 44.6. The van der Waals surface area contributed by atoms with E-state index in [0.717, 1.165) is 14.5 Å². The van der Waals surface area contributed by atoms with Gasteiger partial charge in [-0.1, -0.05) is 11.3 Å². The number of nitrogens with zero attached hydrogens (tertiary/aromatic N) is 2. The van der Waals surface area contributed by atoms with E-state index in [9.17, 15) is 22.8 Å². The molecule has 3 N–H and O–H groups in total. The van der Waals surface area contributed by atoms with Gasteiger partial charge in [0.25, 0.3) is 5.56 Å². The van der Waals surface area contributed by atoms with Crippen LogP contribution in [0.15, 0.2) is 32.7 Å². The van der Waals surface area contributed by atoms with Crippen LogP contribution in [0.4, 0.5) is 5.13 Å². The van der Waals surface area contributed by atoms with Gasteiger partial charge in [0, 0.05) is 18.8 Å². The van der Waals surface area contributed by atoms with Crippen LogP contribution < -0.4 is 21.3 Å². The van der Waals surface area contributed by atoms with E-state index in [4.69, 9.17) is 4.74 Å². The Hall–Kier alpha value is -3.03. The number of H-pyrrole nitrogens is 2. The zero-order valence-corrected chi connectivity index (χ0v) is 19.6. The minimum absolute atomic E-state index is 0.0452. The summed E-state index contributed by atoms with van der Waals surface area (Å²) < 4.78 is 33.7. The number of aryl methyl sites for hydroxylation is 1. The topological polar surface area (TPSA) is 154 Å². The van der Waals surface area contributed by atoms with Crippen LogP contribution in [0.5, 0.6) is 5.75 Å². The summed E-state index contributed by atoms with van der Waals surface area (Å²) in [7, 11) is -4.20. The number of carbonyl (C=O) groups excluding carboxylic acids is 1. The summed E-state index contributed by atoms with van der Waals surface area (Å²) in [6, 6.07) is 5.47. The Kier molecular flexibility index (Phi) is 6.36. The van der Waals surface area contributed by atoms with Gasteiger partial charge in [-0.05, 0) is 44.9 Å². The van der Waals surface area contributed by atoms with Crippen LogP contribution in [0.25, 0.3) is 10.2 Å². The fraction of sp³-hybridized carbons (Fsp3) is 0.400. The van der Waals surface area contributed by atoms with Crippen LogP contribution in [0, 0.1) is 12.8 Å². The van der Waals surface area contributed by atoms with Crippen molar-refractivity contribution in [2.24, 2.45) is 5.92 Å². The maximum Gasteiger partial charge on any atom is 0.325 e. The van der Waals surface area contributed by atoms with Crippen LogP contribution in [-0.2, 0) is 14.8 Å². The largest absolute Gasteiger partial charge is 0.494 e. The molecule has 13 heteroatoms. The fourth-order valence-corrected chi connectivity index (χ4v) is 6.45. The Morgan fingerprint density at radius 1 is 1.33 bits per heavy atom. The summed E-state index contributed by atoms with van der Waals surface area (Å²) in [6.45, 7) is 3.88. The van der Waals surface area contributed by atoms with Crippen LogP contribution in [-0.4, -0.2) is 53.3 Å². The standard InChI is InChI=1S/C20H23N5O6S2/c1-3-31-13-6-7-14-15(9-13)32-20(22-14)24-17(26)12-5-4-8-25(10-12)33(29,30)16-11(2)21-19(28)23-18(16)27/h6-7,9,12H,3-5,8,10H2,1-2H3,(H,22,24,26)(H2,21,23,27,28)/t12-/m0/s1. The van der Waals surface area contributed by atoms with E-state index in [0.29, 0.717) is 30.3 Å². The number of sulfonamides is 1. The van der Waals surface area contributed by atoms with Gasteiger partial charge in [0.05, 0.1) is 22.7 Å². The fourth-order valence-electron chi connectivity index (χ4n) is 3.83. The number of thiazole rings is 1. The van der Waals surface area contributed by atoms with Crippen molar-refractivity contribution < 1.29 is 17.9 Å². The molecule has 1 atom stereocenters. The van der Waals surface area contributed by atoms with E-state index in [1.165, 1.54) is 18.3 Å². The van der Waals surface area contributed by atoms with Gasteiger partial charge in [-0.2, -0.15) is 4.31 Å². The third-order valence-electron chi connectivity index (χ3n) is 5.33. The lowest BCUT2D eigenvalue weighted by Gasteiger charge is -2.31. The number of carbonyl (C=O) groups is 1. The molecule has 4 rings (SSSR count). The molecule has 11 nitrogen and oxygen atoms in total. The average Bonchev–Trinajstić information content (AvgIpc) is 3.14. The number of benzene rings is 1. The molecule has 3 aromatic rings. The molecule has 0 radical (unpaired) electrons. The zero-order valence-electron chi connectivity index (χ0n) is 18.0. The minimum atomic E-state index is -4.20. The lowest BCUT2D eigenvalue weighted by molar-refractivity contribution is -0.120. The van der Waals surface area contributed by atoms with E-state index in [1.807, 2.05) is 30.1 Å². The third-order valence-corrected chi connectivity index (χ3v) is 8.28. The number of nitrogens with one attached hydrogen (secondary N) is 3. The van der Waals surface area contributed by atoms with Crippen molar-refractivity contribution in [1.29, 1.82) is 0 Å². The lowest BCUT2D eigenvalue weighted by atomic mass is 9.99. The molecule has 1 aliphatic heterocycles. The second-order valence-electron chi connectivity index (χ2n) is 7.64. The van der Waals surface area contributed by atoms with Crippen molar-refractivity contribution in [3.63, 3.8) is 0 Å². The van der Waals surface area contributed by atoms with Gasteiger partial charge in [0.15, 0.2) is 10.0 Å². The number of amides is 1. The monoisotopic (exact) mass is 493 g/mol. The molecule has 3 heterocycles. The normalized spacial score (nSPS) is 17.2. The van der Waals surface area contributed by atoms with Crippen molar-refractivity contribution in [2.75, 3.05) is 25.0 Å². The second kappa shape index (κ2) is 9.08. The lowest BCUT2D eigenvalue weighted by Crippen LogP contribution is -2.45. The first-order chi connectivity index (χ1) is 15.7. The highest BCUT2D eigenvalue weighted by molar-refractivity contribution is 7.89. The van der Waals surface area contributed by atoms with Crippen molar-refractivity contribution in [3.05, 3.63) is 44.7 Å². The predicted octanol–water partition coefficient (Wildman–Crippen LogP) is 1.42. The van der Waals surface area contributed by atoms with E-state index >= 15 is 0 Å². The Morgan fingerprint density at radius 2 is 2.12 bits per heavy atom. The number of aromatic amines is 2. The number of ether oxygens (including phenoxy) is 1. The molecule has 1 fully saturated rings. The molecule has 0 bridgehead atoms. The highest BCUT2D eigenvalue weighted by Gasteiger charge is 2.36. The third kappa shape index (κ3) is 4.70. The van der Waals surface area contributed by atoms with Gasteiger partial charge in [-0.3, -0.25) is 14.6 Å². The summed E-state index contributed by atoms with van der Waals surface area (Å²) in [6.07, 6.45) is 0.952.